The van der Waals surface area contributed by atoms with E-state index in [-0.39, 0.29) is 0 Å². The van der Waals surface area contributed by atoms with E-state index in [4.69, 9.17) is 4.98 Å². The Morgan fingerprint density at radius 3 is 2.62 bits per heavy atom. The van der Waals surface area contributed by atoms with Crippen LogP contribution >= 0.6 is 0 Å². The first-order valence-electron chi connectivity index (χ1n) is 8.76. The van der Waals surface area contributed by atoms with E-state index in [2.05, 4.69) is 35.8 Å². The fourth-order valence-corrected chi connectivity index (χ4v) is 3.94. The van der Waals surface area contributed by atoms with Crippen molar-refractivity contribution in [2.24, 2.45) is 0 Å². The van der Waals surface area contributed by atoms with Crippen molar-refractivity contribution in [1.82, 2.24) is 9.88 Å². The van der Waals surface area contributed by atoms with Crippen LogP contribution in [0.4, 0.5) is 5.82 Å². The summed E-state index contributed by atoms with van der Waals surface area (Å²) in [4.78, 5) is 10.0. The van der Waals surface area contributed by atoms with Crippen LogP contribution in [0.2, 0.25) is 0 Å². The van der Waals surface area contributed by atoms with Gasteiger partial charge in [0.05, 0.1) is 0 Å². The lowest BCUT2D eigenvalue weighted by Gasteiger charge is -2.29. The molecule has 2 aliphatic rings. The molecule has 0 aliphatic carbocycles. The maximum Gasteiger partial charge on any atom is 0.128 e. The molecule has 0 radical (unpaired) electrons. The van der Waals surface area contributed by atoms with Crippen LogP contribution in [-0.4, -0.2) is 36.1 Å². The van der Waals surface area contributed by atoms with Crippen molar-refractivity contribution in [1.29, 1.82) is 0 Å². The minimum Gasteiger partial charge on any atom is -0.357 e. The highest BCUT2D eigenvalue weighted by atomic mass is 15.2. The molecule has 0 amide bonds. The van der Waals surface area contributed by atoms with Gasteiger partial charge in [0, 0.05) is 24.8 Å². The molecule has 3 rings (SSSR count). The second kappa shape index (κ2) is 6.78. The maximum absolute atomic E-state index is 4.94. The molecule has 2 aliphatic heterocycles. The minimum absolute atomic E-state index is 0.604. The highest BCUT2D eigenvalue weighted by Crippen LogP contribution is 2.34. The molecule has 0 spiro atoms. The number of pyridine rings is 1. The summed E-state index contributed by atoms with van der Waals surface area (Å²) in [7, 11) is 0. The number of aryl methyl sites for hydroxylation is 1. The molecule has 0 N–H and O–H groups in total. The number of nitrogens with zero attached hydrogens (tertiary/aromatic N) is 3. The average molecular weight is 287 g/mol. The fourth-order valence-electron chi connectivity index (χ4n) is 3.94. The minimum atomic E-state index is 0.604. The number of hydrogen-bond donors (Lipinski definition) is 0. The monoisotopic (exact) mass is 287 g/mol. The Bertz CT molecular complexity index is 466. The summed E-state index contributed by atoms with van der Waals surface area (Å²) in [6.07, 6.45) is 7.88. The Labute approximate surface area is 129 Å². The Hall–Kier alpha value is -1.09. The van der Waals surface area contributed by atoms with E-state index in [0.29, 0.717) is 6.04 Å². The predicted octanol–water partition coefficient (Wildman–Crippen LogP) is 3.93. The first-order valence-corrected chi connectivity index (χ1v) is 8.76. The van der Waals surface area contributed by atoms with Gasteiger partial charge < -0.3 is 4.90 Å². The molecule has 3 heteroatoms. The zero-order valence-corrected chi connectivity index (χ0v) is 13.6. The number of hydrogen-bond acceptors (Lipinski definition) is 3. The van der Waals surface area contributed by atoms with Crippen molar-refractivity contribution in [3.63, 3.8) is 0 Å². The van der Waals surface area contributed by atoms with Crippen molar-refractivity contribution in [2.45, 2.75) is 58.4 Å². The standard InChI is InChI=1S/C18H29N3/c1-3-11-20-14-7-8-17(20)16-9-10-18(19-15(16)2)21-12-5-4-6-13-21/h9-10,17H,3-8,11-14H2,1-2H3/t17-/m0/s1. The number of rotatable bonds is 4. The number of piperidine rings is 1. The average Bonchev–Trinajstić information content (AvgIpc) is 2.96. The summed E-state index contributed by atoms with van der Waals surface area (Å²) < 4.78 is 0. The fraction of sp³-hybridized carbons (Fsp3) is 0.722. The van der Waals surface area contributed by atoms with Gasteiger partial charge in [0.15, 0.2) is 0 Å². The second-order valence-electron chi connectivity index (χ2n) is 6.59. The summed E-state index contributed by atoms with van der Waals surface area (Å²) in [6.45, 7) is 9.31. The number of likely N-dealkylation sites (tertiary alicyclic amines) is 1. The van der Waals surface area contributed by atoms with E-state index < -0.39 is 0 Å². The van der Waals surface area contributed by atoms with Crippen molar-refractivity contribution < 1.29 is 0 Å². The molecule has 21 heavy (non-hydrogen) atoms. The molecule has 0 saturated carbocycles. The molecule has 3 nitrogen and oxygen atoms in total. The molecule has 2 fully saturated rings. The van der Waals surface area contributed by atoms with E-state index >= 15 is 0 Å². The normalized spacial score (nSPS) is 23.7. The highest BCUT2D eigenvalue weighted by Gasteiger charge is 2.27. The van der Waals surface area contributed by atoms with Crippen LogP contribution in [0.15, 0.2) is 12.1 Å². The smallest absolute Gasteiger partial charge is 0.128 e. The van der Waals surface area contributed by atoms with Gasteiger partial charge in [-0.1, -0.05) is 13.0 Å². The van der Waals surface area contributed by atoms with Crippen molar-refractivity contribution in [2.75, 3.05) is 31.1 Å². The molecule has 116 valence electrons. The van der Waals surface area contributed by atoms with Crippen LogP contribution < -0.4 is 4.90 Å². The molecule has 0 unspecified atom stereocenters. The zero-order chi connectivity index (χ0) is 14.7. The Morgan fingerprint density at radius 1 is 1.10 bits per heavy atom. The van der Waals surface area contributed by atoms with Gasteiger partial charge in [-0.05, 0) is 70.2 Å². The van der Waals surface area contributed by atoms with Gasteiger partial charge in [-0.15, -0.1) is 0 Å². The van der Waals surface area contributed by atoms with E-state index in [9.17, 15) is 0 Å². The lowest BCUT2D eigenvalue weighted by atomic mass is 10.0. The topological polar surface area (TPSA) is 19.4 Å². The first kappa shape index (κ1) is 14.8. The van der Waals surface area contributed by atoms with Crippen LogP contribution in [-0.2, 0) is 0 Å². The molecule has 1 atom stereocenters. The Morgan fingerprint density at radius 2 is 1.90 bits per heavy atom. The van der Waals surface area contributed by atoms with Crippen LogP contribution in [0, 0.1) is 6.92 Å². The Balaban J connectivity index is 1.77. The van der Waals surface area contributed by atoms with Gasteiger partial charge in [0.2, 0.25) is 0 Å². The van der Waals surface area contributed by atoms with Gasteiger partial charge >= 0.3 is 0 Å². The SMILES string of the molecule is CCCN1CCC[C@H]1c1ccc(N2CCCCC2)nc1C. The summed E-state index contributed by atoms with van der Waals surface area (Å²) in [5.74, 6) is 1.19. The van der Waals surface area contributed by atoms with Gasteiger partial charge in [0.1, 0.15) is 5.82 Å². The van der Waals surface area contributed by atoms with Crippen molar-refractivity contribution >= 4 is 5.82 Å². The summed E-state index contributed by atoms with van der Waals surface area (Å²) >= 11 is 0. The van der Waals surface area contributed by atoms with Crippen LogP contribution in [0.3, 0.4) is 0 Å². The lowest BCUT2D eigenvalue weighted by molar-refractivity contribution is 0.256. The number of aromatic nitrogens is 1. The van der Waals surface area contributed by atoms with Crippen molar-refractivity contribution in [3.8, 4) is 0 Å². The largest absolute Gasteiger partial charge is 0.357 e. The van der Waals surface area contributed by atoms with E-state index in [0.717, 1.165) is 0 Å². The summed E-state index contributed by atoms with van der Waals surface area (Å²) in [6, 6.07) is 5.22. The van der Waals surface area contributed by atoms with Gasteiger partial charge in [-0.25, -0.2) is 4.98 Å². The number of anilines is 1. The molecule has 1 aromatic heterocycles. The molecular formula is C18H29N3. The third-order valence-electron chi connectivity index (χ3n) is 5.03. The lowest BCUT2D eigenvalue weighted by Crippen LogP contribution is -2.30. The van der Waals surface area contributed by atoms with Crippen LogP contribution in [0.25, 0.3) is 0 Å². The quantitative estimate of drug-likeness (QED) is 0.836. The van der Waals surface area contributed by atoms with E-state index in [1.807, 2.05) is 0 Å². The van der Waals surface area contributed by atoms with Gasteiger partial charge in [0.25, 0.3) is 0 Å². The van der Waals surface area contributed by atoms with E-state index in [1.165, 1.54) is 81.8 Å². The van der Waals surface area contributed by atoms with Gasteiger partial charge in [-0.2, -0.15) is 0 Å². The molecule has 2 saturated heterocycles. The molecule has 0 aromatic carbocycles. The van der Waals surface area contributed by atoms with Gasteiger partial charge in [-0.3, -0.25) is 4.90 Å². The summed E-state index contributed by atoms with van der Waals surface area (Å²) in [5.41, 5.74) is 2.70. The highest BCUT2D eigenvalue weighted by molar-refractivity contribution is 5.43. The molecule has 1 aromatic rings. The molecule has 0 bridgehead atoms. The van der Waals surface area contributed by atoms with Crippen molar-refractivity contribution in [3.05, 3.63) is 23.4 Å². The molecular weight excluding hydrogens is 258 g/mol. The second-order valence-corrected chi connectivity index (χ2v) is 6.59. The maximum atomic E-state index is 4.94. The third-order valence-corrected chi connectivity index (χ3v) is 5.03. The zero-order valence-electron chi connectivity index (χ0n) is 13.6. The summed E-state index contributed by atoms with van der Waals surface area (Å²) in [5, 5.41) is 0. The third kappa shape index (κ3) is 3.23. The molecule has 3 heterocycles. The van der Waals surface area contributed by atoms with Crippen LogP contribution in [0.1, 0.15) is 62.7 Å². The predicted molar refractivity (Wildman–Crippen MR) is 88.9 cm³/mol. The van der Waals surface area contributed by atoms with Crippen LogP contribution in [0.5, 0.6) is 0 Å². The Kier molecular flexibility index (Phi) is 4.79. The van der Waals surface area contributed by atoms with E-state index in [1.54, 1.807) is 0 Å². The first-order chi connectivity index (χ1) is 10.3.